The molecule has 98 valence electrons. The molecule has 5 nitrogen and oxygen atoms in total. The minimum absolute atomic E-state index is 0.00246. The number of hydrazine groups is 1. The predicted molar refractivity (Wildman–Crippen MR) is 67.8 cm³/mol. The van der Waals surface area contributed by atoms with E-state index in [1.807, 2.05) is 17.7 Å². The van der Waals surface area contributed by atoms with E-state index in [-0.39, 0.29) is 12.1 Å². The first kappa shape index (κ1) is 11.7. The van der Waals surface area contributed by atoms with Gasteiger partial charge >= 0.3 is 0 Å². The molecule has 1 fully saturated rings. The number of hydrogen-bond acceptors (Lipinski definition) is 3. The van der Waals surface area contributed by atoms with Crippen molar-refractivity contribution in [2.75, 3.05) is 7.05 Å². The zero-order valence-corrected chi connectivity index (χ0v) is 11.0. The normalized spacial score (nSPS) is 25.3. The summed E-state index contributed by atoms with van der Waals surface area (Å²) >= 11 is 0. The summed E-state index contributed by atoms with van der Waals surface area (Å²) in [5.41, 5.74) is 4.92. The Labute approximate surface area is 107 Å². The molecule has 3 rings (SSSR count). The van der Waals surface area contributed by atoms with Gasteiger partial charge in [-0.05, 0) is 31.7 Å². The van der Waals surface area contributed by atoms with E-state index in [2.05, 4.69) is 10.5 Å². The minimum atomic E-state index is 0.00246. The number of rotatable bonds is 1. The van der Waals surface area contributed by atoms with Crippen molar-refractivity contribution in [3.63, 3.8) is 0 Å². The molecule has 18 heavy (non-hydrogen) atoms. The fraction of sp³-hybridized carbons (Fsp3) is 0.692. The SMILES string of the molecule is Cc1cc2n(n1)C(C1CCCCC1)NN(C)C2=O. The summed E-state index contributed by atoms with van der Waals surface area (Å²) in [7, 11) is 1.80. The number of nitrogens with one attached hydrogen (secondary N) is 1. The largest absolute Gasteiger partial charge is 0.286 e. The van der Waals surface area contributed by atoms with E-state index in [0.29, 0.717) is 11.6 Å². The van der Waals surface area contributed by atoms with Crippen LogP contribution in [0.15, 0.2) is 6.07 Å². The number of aryl methyl sites for hydroxylation is 1. The Balaban J connectivity index is 1.95. The fourth-order valence-electron chi connectivity index (χ4n) is 3.13. The molecule has 1 unspecified atom stereocenters. The summed E-state index contributed by atoms with van der Waals surface area (Å²) in [5.74, 6) is 0.579. The summed E-state index contributed by atoms with van der Waals surface area (Å²) in [5, 5.41) is 6.11. The molecule has 2 heterocycles. The lowest BCUT2D eigenvalue weighted by molar-refractivity contribution is 0.0392. The number of nitrogens with zero attached hydrogens (tertiary/aromatic N) is 3. The molecule has 0 bridgehead atoms. The van der Waals surface area contributed by atoms with Crippen LogP contribution in [0, 0.1) is 12.8 Å². The highest BCUT2D eigenvalue weighted by Crippen LogP contribution is 2.33. The highest BCUT2D eigenvalue weighted by molar-refractivity contribution is 5.92. The molecule has 0 spiro atoms. The Morgan fingerprint density at radius 3 is 2.78 bits per heavy atom. The zero-order chi connectivity index (χ0) is 12.7. The Hall–Kier alpha value is -1.36. The molecule has 1 aliphatic carbocycles. The van der Waals surface area contributed by atoms with Crippen LogP contribution in [0.4, 0.5) is 0 Å². The maximum atomic E-state index is 12.1. The van der Waals surface area contributed by atoms with Crippen LogP contribution in [-0.4, -0.2) is 27.7 Å². The molecule has 1 saturated carbocycles. The van der Waals surface area contributed by atoms with Crippen molar-refractivity contribution in [2.24, 2.45) is 5.92 Å². The second-order valence-electron chi connectivity index (χ2n) is 5.45. The van der Waals surface area contributed by atoms with E-state index >= 15 is 0 Å². The Bertz CT molecular complexity index is 462. The van der Waals surface area contributed by atoms with Gasteiger partial charge in [0.15, 0.2) is 0 Å². The molecule has 1 N–H and O–H groups in total. The molecular formula is C13H20N4O. The van der Waals surface area contributed by atoms with Crippen molar-refractivity contribution in [1.82, 2.24) is 20.2 Å². The molecule has 5 heteroatoms. The smallest absolute Gasteiger partial charge is 0.274 e. The highest BCUT2D eigenvalue weighted by atomic mass is 16.2. The van der Waals surface area contributed by atoms with Crippen molar-refractivity contribution >= 4 is 5.91 Å². The van der Waals surface area contributed by atoms with Crippen LogP contribution < -0.4 is 5.43 Å². The molecule has 1 atom stereocenters. The lowest BCUT2D eigenvalue weighted by atomic mass is 9.87. The van der Waals surface area contributed by atoms with Gasteiger partial charge < -0.3 is 0 Å². The fourth-order valence-corrected chi connectivity index (χ4v) is 3.13. The van der Waals surface area contributed by atoms with Crippen molar-refractivity contribution in [1.29, 1.82) is 0 Å². The standard InChI is InChI=1S/C13H20N4O/c1-9-8-11-13(18)16(2)15-12(17(11)14-9)10-6-4-3-5-7-10/h8,10,12,15H,3-7H2,1-2H3. The molecule has 1 aromatic heterocycles. The Kier molecular flexibility index (Phi) is 2.86. The summed E-state index contributed by atoms with van der Waals surface area (Å²) in [6, 6.07) is 1.88. The van der Waals surface area contributed by atoms with Crippen LogP contribution in [0.25, 0.3) is 0 Å². The zero-order valence-electron chi connectivity index (χ0n) is 11.0. The third-order valence-electron chi connectivity index (χ3n) is 4.07. The van der Waals surface area contributed by atoms with E-state index < -0.39 is 0 Å². The van der Waals surface area contributed by atoms with Crippen LogP contribution >= 0.6 is 0 Å². The van der Waals surface area contributed by atoms with Crippen LogP contribution in [0.3, 0.4) is 0 Å². The van der Waals surface area contributed by atoms with Gasteiger partial charge in [-0.2, -0.15) is 5.10 Å². The molecule has 1 aromatic rings. The topological polar surface area (TPSA) is 50.2 Å². The molecule has 0 aromatic carbocycles. The van der Waals surface area contributed by atoms with Gasteiger partial charge in [-0.25, -0.2) is 10.1 Å². The van der Waals surface area contributed by atoms with E-state index in [1.54, 1.807) is 12.1 Å². The number of fused-ring (bicyclic) bond motifs is 1. The number of hydrogen-bond donors (Lipinski definition) is 1. The number of amides is 1. The van der Waals surface area contributed by atoms with Gasteiger partial charge in [0.2, 0.25) is 0 Å². The van der Waals surface area contributed by atoms with Gasteiger partial charge in [0, 0.05) is 7.05 Å². The van der Waals surface area contributed by atoms with Crippen LogP contribution in [0.1, 0.15) is 54.5 Å². The maximum absolute atomic E-state index is 12.1. The third kappa shape index (κ3) is 1.82. The van der Waals surface area contributed by atoms with Crippen LogP contribution in [-0.2, 0) is 0 Å². The van der Waals surface area contributed by atoms with Crippen molar-refractivity contribution in [2.45, 2.75) is 45.2 Å². The van der Waals surface area contributed by atoms with E-state index in [1.165, 1.54) is 32.1 Å². The number of aromatic nitrogens is 2. The first-order chi connectivity index (χ1) is 8.66. The Morgan fingerprint density at radius 2 is 2.06 bits per heavy atom. The van der Waals surface area contributed by atoms with Gasteiger partial charge in [0.1, 0.15) is 11.9 Å². The molecule has 1 aliphatic heterocycles. The summed E-state index contributed by atoms with van der Waals surface area (Å²) in [6.07, 6.45) is 6.49. The maximum Gasteiger partial charge on any atom is 0.286 e. The highest BCUT2D eigenvalue weighted by Gasteiger charge is 2.35. The lowest BCUT2D eigenvalue weighted by Gasteiger charge is -2.38. The average molecular weight is 248 g/mol. The second kappa shape index (κ2) is 4.39. The van der Waals surface area contributed by atoms with E-state index in [4.69, 9.17) is 0 Å². The van der Waals surface area contributed by atoms with Crippen molar-refractivity contribution in [3.05, 3.63) is 17.5 Å². The summed E-state index contributed by atoms with van der Waals surface area (Å²) in [4.78, 5) is 12.1. The molecular weight excluding hydrogens is 228 g/mol. The van der Waals surface area contributed by atoms with Crippen molar-refractivity contribution in [3.8, 4) is 0 Å². The average Bonchev–Trinajstić information content (AvgIpc) is 2.77. The molecule has 1 amide bonds. The van der Waals surface area contributed by atoms with Gasteiger partial charge in [-0.15, -0.1) is 0 Å². The first-order valence-corrected chi connectivity index (χ1v) is 6.77. The quantitative estimate of drug-likeness (QED) is 0.825. The molecule has 2 aliphatic rings. The van der Waals surface area contributed by atoms with Gasteiger partial charge in [0.25, 0.3) is 5.91 Å². The molecule has 0 radical (unpaired) electrons. The lowest BCUT2D eigenvalue weighted by Crippen LogP contribution is -2.52. The van der Waals surface area contributed by atoms with Gasteiger partial charge in [0.05, 0.1) is 5.69 Å². The summed E-state index contributed by atoms with van der Waals surface area (Å²) < 4.78 is 1.90. The third-order valence-corrected chi connectivity index (χ3v) is 4.07. The first-order valence-electron chi connectivity index (χ1n) is 6.77. The second-order valence-corrected chi connectivity index (χ2v) is 5.45. The number of carbonyl (C=O) groups is 1. The van der Waals surface area contributed by atoms with Gasteiger partial charge in [-0.1, -0.05) is 19.3 Å². The van der Waals surface area contributed by atoms with Crippen LogP contribution in [0.5, 0.6) is 0 Å². The molecule has 0 saturated heterocycles. The van der Waals surface area contributed by atoms with E-state index in [0.717, 1.165) is 5.69 Å². The van der Waals surface area contributed by atoms with Crippen LogP contribution in [0.2, 0.25) is 0 Å². The van der Waals surface area contributed by atoms with Crippen molar-refractivity contribution < 1.29 is 4.79 Å². The Morgan fingerprint density at radius 1 is 1.33 bits per heavy atom. The monoisotopic (exact) mass is 248 g/mol. The van der Waals surface area contributed by atoms with Gasteiger partial charge in [-0.3, -0.25) is 9.80 Å². The number of carbonyl (C=O) groups excluding carboxylic acids is 1. The minimum Gasteiger partial charge on any atom is -0.274 e. The van der Waals surface area contributed by atoms with E-state index in [9.17, 15) is 4.79 Å². The summed E-state index contributed by atoms with van der Waals surface area (Å²) in [6.45, 7) is 1.94. The predicted octanol–water partition coefficient (Wildman–Crippen LogP) is 1.86.